The number of nitrogens with zero attached hydrogens (tertiary/aromatic N) is 3. The van der Waals surface area contributed by atoms with Crippen molar-refractivity contribution in [1.82, 2.24) is 15.0 Å². The number of anilines is 1. The number of hydrogen-bond donors (Lipinski definition) is 1. The van der Waals surface area contributed by atoms with Crippen LogP contribution in [0.1, 0.15) is 32.3 Å². The maximum absolute atomic E-state index is 4.42. The first kappa shape index (κ1) is 14.3. The second-order valence-electron chi connectivity index (χ2n) is 4.08. The van der Waals surface area contributed by atoms with Gasteiger partial charge in [0.1, 0.15) is 17.2 Å². The SMILES string of the molecule is CCCNc1ncnc(Sc2nccs2)c1CCC. The topological polar surface area (TPSA) is 50.7 Å². The highest BCUT2D eigenvalue weighted by Gasteiger charge is 2.12. The minimum absolute atomic E-state index is 0.940. The molecule has 0 radical (unpaired) electrons. The first-order chi connectivity index (χ1) is 9.35. The Hall–Kier alpha value is -1.14. The number of thiazole rings is 1. The van der Waals surface area contributed by atoms with Crippen LogP contribution >= 0.6 is 23.1 Å². The van der Waals surface area contributed by atoms with E-state index < -0.39 is 0 Å². The monoisotopic (exact) mass is 294 g/mol. The number of rotatable bonds is 7. The van der Waals surface area contributed by atoms with Gasteiger partial charge in [0, 0.05) is 23.7 Å². The van der Waals surface area contributed by atoms with E-state index in [0.717, 1.165) is 41.0 Å². The standard InChI is InChI=1S/C13H18N4S2/c1-3-5-10-11(14-6-4-2)16-9-17-12(10)19-13-15-7-8-18-13/h7-9H,3-6H2,1-2H3,(H,14,16,17). The van der Waals surface area contributed by atoms with Crippen molar-refractivity contribution in [3.05, 3.63) is 23.5 Å². The van der Waals surface area contributed by atoms with Gasteiger partial charge < -0.3 is 5.32 Å². The number of nitrogens with one attached hydrogen (secondary N) is 1. The Bertz CT molecular complexity index is 499. The molecular formula is C13H18N4S2. The zero-order chi connectivity index (χ0) is 13.5. The molecular weight excluding hydrogens is 276 g/mol. The second kappa shape index (κ2) is 7.45. The van der Waals surface area contributed by atoms with E-state index in [0.29, 0.717) is 0 Å². The summed E-state index contributed by atoms with van der Waals surface area (Å²) < 4.78 is 1.03. The summed E-state index contributed by atoms with van der Waals surface area (Å²) in [4.78, 5) is 13.1. The summed E-state index contributed by atoms with van der Waals surface area (Å²) in [6, 6.07) is 0. The Morgan fingerprint density at radius 1 is 1.21 bits per heavy atom. The van der Waals surface area contributed by atoms with Crippen LogP contribution in [0.4, 0.5) is 5.82 Å². The van der Waals surface area contributed by atoms with Crippen LogP contribution in [0.2, 0.25) is 0 Å². The van der Waals surface area contributed by atoms with Gasteiger partial charge in [0.15, 0.2) is 4.34 Å². The molecule has 0 saturated heterocycles. The van der Waals surface area contributed by atoms with Gasteiger partial charge in [0.05, 0.1) is 0 Å². The molecule has 0 spiro atoms. The van der Waals surface area contributed by atoms with Gasteiger partial charge in [0.2, 0.25) is 0 Å². The van der Waals surface area contributed by atoms with Gasteiger partial charge in [-0.25, -0.2) is 15.0 Å². The van der Waals surface area contributed by atoms with Gasteiger partial charge in [-0.3, -0.25) is 0 Å². The molecule has 2 rings (SSSR count). The zero-order valence-corrected chi connectivity index (χ0v) is 12.9. The molecule has 0 aliphatic carbocycles. The maximum Gasteiger partial charge on any atom is 0.156 e. The van der Waals surface area contributed by atoms with Crippen molar-refractivity contribution in [2.75, 3.05) is 11.9 Å². The molecule has 0 atom stereocenters. The quantitative estimate of drug-likeness (QED) is 0.786. The Morgan fingerprint density at radius 2 is 2.11 bits per heavy atom. The lowest BCUT2D eigenvalue weighted by Gasteiger charge is -2.12. The predicted molar refractivity (Wildman–Crippen MR) is 81.0 cm³/mol. The molecule has 6 heteroatoms. The molecule has 2 aromatic heterocycles. The fourth-order valence-corrected chi connectivity index (χ4v) is 3.36. The molecule has 0 fully saturated rings. The fraction of sp³-hybridized carbons (Fsp3) is 0.462. The van der Waals surface area contributed by atoms with E-state index in [4.69, 9.17) is 0 Å². The molecule has 0 bridgehead atoms. The van der Waals surface area contributed by atoms with E-state index in [2.05, 4.69) is 34.1 Å². The minimum Gasteiger partial charge on any atom is -0.370 e. The average Bonchev–Trinajstić information content (AvgIpc) is 2.92. The highest BCUT2D eigenvalue weighted by molar-refractivity contribution is 8.01. The maximum atomic E-state index is 4.42. The summed E-state index contributed by atoms with van der Waals surface area (Å²) in [7, 11) is 0. The summed E-state index contributed by atoms with van der Waals surface area (Å²) in [6.07, 6.45) is 6.61. The Labute approximate surface area is 122 Å². The third-order valence-corrected chi connectivity index (χ3v) is 4.47. The van der Waals surface area contributed by atoms with Gasteiger partial charge in [-0.2, -0.15) is 0 Å². The number of aromatic nitrogens is 3. The van der Waals surface area contributed by atoms with Gasteiger partial charge in [-0.1, -0.05) is 20.3 Å². The second-order valence-corrected chi connectivity index (χ2v) is 6.21. The molecule has 0 unspecified atom stereocenters. The van der Waals surface area contributed by atoms with E-state index in [1.165, 1.54) is 5.56 Å². The van der Waals surface area contributed by atoms with Gasteiger partial charge in [-0.15, -0.1) is 11.3 Å². The minimum atomic E-state index is 0.940. The van der Waals surface area contributed by atoms with Crippen molar-refractivity contribution in [2.45, 2.75) is 42.5 Å². The van der Waals surface area contributed by atoms with E-state index in [1.807, 2.05) is 11.6 Å². The lowest BCUT2D eigenvalue weighted by atomic mass is 10.2. The highest BCUT2D eigenvalue weighted by Crippen LogP contribution is 2.32. The smallest absolute Gasteiger partial charge is 0.156 e. The molecule has 19 heavy (non-hydrogen) atoms. The average molecular weight is 294 g/mol. The van der Waals surface area contributed by atoms with Crippen molar-refractivity contribution in [2.24, 2.45) is 0 Å². The molecule has 2 heterocycles. The fourth-order valence-electron chi connectivity index (χ4n) is 1.70. The van der Waals surface area contributed by atoms with E-state index >= 15 is 0 Å². The van der Waals surface area contributed by atoms with Crippen LogP contribution in [-0.2, 0) is 6.42 Å². The first-order valence-corrected chi connectivity index (χ1v) is 8.19. The van der Waals surface area contributed by atoms with Crippen molar-refractivity contribution in [3.8, 4) is 0 Å². The van der Waals surface area contributed by atoms with Crippen LogP contribution in [0, 0.1) is 0 Å². The van der Waals surface area contributed by atoms with Crippen molar-refractivity contribution >= 4 is 28.9 Å². The molecule has 1 N–H and O–H groups in total. The lowest BCUT2D eigenvalue weighted by molar-refractivity contribution is 0.848. The Morgan fingerprint density at radius 3 is 2.79 bits per heavy atom. The van der Waals surface area contributed by atoms with Crippen LogP contribution in [-0.4, -0.2) is 21.5 Å². The largest absolute Gasteiger partial charge is 0.370 e. The molecule has 102 valence electrons. The third-order valence-electron chi connectivity index (χ3n) is 2.54. The molecule has 0 amide bonds. The molecule has 0 saturated carbocycles. The molecule has 0 aliphatic heterocycles. The number of hydrogen-bond acceptors (Lipinski definition) is 6. The summed E-state index contributed by atoms with van der Waals surface area (Å²) in [5.74, 6) is 0.970. The summed E-state index contributed by atoms with van der Waals surface area (Å²) in [5.41, 5.74) is 1.21. The van der Waals surface area contributed by atoms with E-state index in [1.54, 1.807) is 29.4 Å². The molecule has 2 aromatic rings. The first-order valence-electron chi connectivity index (χ1n) is 6.50. The van der Waals surface area contributed by atoms with Crippen LogP contribution in [0.25, 0.3) is 0 Å². The lowest BCUT2D eigenvalue weighted by Crippen LogP contribution is -2.07. The molecule has 0 aliphatic rings. The molecule has 4 nitrogen and oxygen atoms in total. The highest BCUT2D eigenvalue weighted by atomic mass is 32.2. The van der Waals surface area contributed by atoms with Crippen LogP contribution in [0.15, 0.2) is 27.3 Å². The Balaban J connectivity index is 2.25. The Kier molecular flexibility index (Phi) is 5.60. The van der Waals surface area contributed by atoms with Crippen LogP contribution < -0.4 is 5.32 Å². The predicted octanol–water partition coefficient (Wildman–Crippen LogP) is 3.86. The summed E-state index contributed by atoms with van der Waals surface area (Å²) >= 11 is 3.26. The zero-order valence-electron chi connectivity index (χ0n) is 11.2. The molecule has 0 aromatic carbocycles. The van der Waals surface area contributed by atoms with Crippen LogP contribution in [0.5, 0.6) is 0 Å². The van der Waals surface area contributed by atoms with Crippen molar-refractivity contribution < 1.29 is 0 Å². The third kappa shape index (κ3) is 3.91. The van der Waals surface area contributed by atoms with E-state index in [9.17, 15) is 0 Å². The van der Waals surface area contributed by atoms with Crippen molar-refractivity contribution in [3.63, 3.8) is 0 Å². The summed E-state index contributed by atoms with van der Waals surface area (Å²) in [5, 5.41) is 6.39. The normalized spacial score (nSPS) is 10.6. The van der Waals surface area contributed by atoms with Gasteiger partial charge in [-0.05, 0) is 24.6 Å². The van der Waals surface area contributed by atoms with Crippen LogP contribution in [0.3, 0.4) is 0 Å². The van der Waals surface area contributed by atoms with Gasteiger partial charge >= 0.3 is 0 Å². The van der Waals surface area contributed by atoms with E-state index in [-0.39, 0.29) is 0 Å². The van der Waals surface area contributed by atoms with Gasteiger partial charge in [0.25, 0.3) is 0 Å². The van der Waals surface area contributed by atoms with Crippen molar-refractivity contribution in [1.29, 1.82) is 0 Å². The summed E-state index contributed by atoms with van der Waals surface area (Å²) in [6.45, 7) is 5.27.